The second-order valence-corrected chi connectivity index (χ2v) is 3.70. The fourth-order valence-corrected chi connectivity index (χ4v) is 1.63. The summed E-state index contributed by atoms with van der Waals surface area (Å²) in [5, 5.41) is 0.926. The maximum Gasteiger partial charge on any atom is 0.320 e. The number of nitrogens with zero attached hydrogens (tertiary/aromatic N) is 2. The maximum atomic E-state index is 5.53. The van der Waals surface area contributed by atoms with Crippen LogP contribution in [0.3, 0.4) is 0 Å². The second kappa shape index (κ2) is 4.99. The standard InChI is InChI=1S/C13H16N2O2/c1-4-16-12-10-8-9(3)6-7-11(10)14-13(15-12)17-5-2/h6-8H,4-5H2,1-3H3. The van der Waals surface area contributed by atoms with Crippen LogP contribution in [0.15, 0.2) is 18.2 Å². The third-order valence-corrected chi connectivity index (χ3v) is 2.35. The molecule has 0 radical (unpaired) electrons. The zero-order valence-corrected chi connectivity index (χ0v) is 10.4. The number of hydrogen-bond acceptors (Lipinski definition) is 4. The van der Waals surface area contributed by atoms with Crippen molar-refractivity contribution in [2.24, 2.45) is 0 Å². The van der Waals surface area contributed by atoms with Crippen LogP contribution in [-0.4, -0.2) is 23.2 Å². The van der Waals surface area contributed by atoms with Crippen LogP contribution < -0.4 is 9.47 Å². The Morgan fingerprint density at radius 2 is 1.82 bits per heavy atom. The van der Waals surface area contributed by atoms with Crippen molar-refractivity contribution in [3.05, 3.63) is 23.8 Å². The molecule has 0 atom stereocenters. The van der Waals surface area contributed by atoms with Gasteiger partial charge in [0, 0.05) is 0 Å². The van der Waals surface area contributed by atoms with Crippen molar-refractivity contribution in [3.8, 4) is 11.9 Å². The van der Waals surface area contributed by atoms with Crippen LogP contribution in [0.25, 0.3) is 10.9 Å². The lowest BCUT2D eigenvalue weighted by molar-refractivity contribution is 0.293. The van der Waals surface area contributed by atoms with Gasteiger partial charge in [-0.25, -0.2) is 0 Å². The zero-order chi connectivity index (χ0) is 12.3. The number of aromatic nitrogens is 2. The summed E-state index contributed by atoms with van der Waals surface area (Å²) < 4.78 is 10.9. The fraction of sp³-hybridized carbons (Fsp3) is 0.385. The molecular formula is C13H16N2O2. The van der Waals surface area contributed by atoms with Gasteiger partial charge in [0.1, 0.15) is 0 Å². The molecule has 1 aromatic carbocycles. The molecule has 0 N–H and O–H groups in total. The minimum atomic E-state index is 0.368. The Morgan fingerprint density at radius 3 is 2.53 bits per heavy atom. The van der Waals surface area contributed by atoms with Crippen LogP contribution in [0.5, 0.6) is 11.9 Å². The van der Waals surface area contributed by atoms with Crippen molar-refractivity contribution in [1.29, 1.82) is 0 Å². The SMILES string of the molecule is CCOc1nc(OCC)c2cc(C)ccc2n1. The van der Waals surface area contributed by atoms with Gasteiger partial charge in [-0.05, 0) is 32.9 Å². The highest BCUT2D eigenvalue weighted by molar-refractivity contribution is 5.84. The Bertz CT molecular complexity index is 526. The van der Waals surface area contributed by atoms with Gasteiger partial charge >= 0.3 is 6.01 Å². The monoisotopic (exact) mass is 232 g/mol. The molecule has 2 aromatic rings. The van der Waals surface area contributed by atoms with E-state index in [9.17, 15) is 0 Å². The summed E-state index contributed by atoms with van der Waals surface area (Å²) in [6, 6.07) is 6.36. The molecule has 4 nitrogen and oxygen atoms in total. The van der Waals surface area contributed by atoms with Crippen molar-refractivity contribution in [2.45, 2.75) is 20.8 Å². The van der Waals surface area contributed by atoms with E-state index in [1.54, 1.807) is 0 Å². The van der Waals surface area contributed by atoms with E-state index in [0.717, 1.165) is 16.5 Å². The molecule has 1 heterocycles. The molecular weight excluding hydrogens is 216 g/mol. The highest BCUT2D eigenvalue weighted by atomic mass is 16.5. The average Bonchev–Trinajstić information content (AvgIpc) is 2.31. The van der Waals surface area contributed by atoms with E-state index in [1.807, 2.05) is 39.0 Å². The summed E-state index contributed by atoms with van der Waals surface area (Å²) in [6.07, 6.45) is 0. The Balaban J connectivity index is 2.58. The van der Waals surface area contributed by atoms with Crippen molar-refractivity contribution in [1.82, 2.24) is 9.97 Å². The minimum absolute atomic E-state index is 0.368. The van der Waals surface area contributed by atoms with Crippen LogP contribution in [0.2, 0.25) is 0 Å². The van der Waals surface area contributed by atoms with Gasteiger partial charge in [0.15, 0.2) is 0 Å². The Kier molecular flexibility index (Phi) is 3.42. The van der Waals surface area contributed by atoms with Gasteiger partial charge in [-0.2, -0.15) is 9.97 Å². The quantitative estimate of drug-likeness (QED) is 0.813. The van der Waals surface area contributed by atoms with Gasteiger partial charge < -0.3 is 9.47 Å². The molecule has 0 fully saturated rings. The Labute approximate surface area is 101 Å². The molecule has 0 bridgehead atoms. The predicted octanol–water partition coefficient (Wildman–Crippen LogP) is 2.74. The van der Waals surface area contributed by atoms with E-state index in [4.69, 9.17) is 9.47 Å². The molecule has 2 rings (SSSR count). The summed E-state index contributed by atoms with van der Waals surface area (Å²) in [5.41, 5.74) is 2.00. The molecule has 90 valence electrons. The van der Waals surface area contributed by atoms with Crippen LogP contribution >= 0.6 is 0 Å². The molecule has 0 aliphatic heterocycles. The number of hydrogen-bond donors (Lipinski definition) is 0. The van der Waals surface area contributed by atoms with Gasteiger partial charge in [0.25, 0.3) is 0 Å². The number of fused-ring (bicyclic) bond motifs is 1. The van der Waals surface area contributed by atoms with Crippen LogP contribution in [0.4, 0.5) is 0 Å². The molecule has 0 aliphatic rings. The lowest BCUT2D eigenvalue weighted by Gasteiger charge is -2.09. The molecule has 0 spiro atoms. The minimum Gasteiger partial charge on any atom is -0.477 e. The molecule has 0 amide bonds. The van der Waals surface area contributed by atoms with Crippen LogP contribution in [0, 0.1) is 6.92 Å². The first-order valence-corrected chi connectivity index (χ1v) is 5.78. The molecule has 0 aliphatic carbocycles. The predicted molar refractivity (Wildman–Crippen MR) is 66.6 cm³/mol. The van der Waals surface area contributed by atoms with E-state index >= 15 is 0 Å². The van der Waals surface area contributed by atoms with Gasteiger partial charge in [-0.3, -0.25) is 0 Å². The van der Waals surface area contributed by atoms with Gasteiger partial charge in [0.05, 0.1) is 24.1 Å². The van der Waals surface area contributed by atoms with E-state index in [2.05, 4.69) is 9.97 Å². The highest BCUT2D eigenvalue weighted by Crippen LogP contribution is 2.25. The molecule has 0 saturated carbocycles. The first-order chi connectivity index (χ1) is 8.24. The summed E-state index contributed by atoms with van der Waals surface area (Å²) in [7, 11) is 0. The second-order valence-electron chi connectivity index (χ2n) is 3.70. The summed E-state index contributed by atoms with van der Waals surface area (Å²) in [6.45, 7) is 6.99. The molecule has 17 heavy (non-hydrogen) atoms. The third-order valence-electron chi connectivity index (χ3n) is 2.35. The van der Waals surface area contributed by atoms with E-state index in [1.165, 1.54) is 0 Å². The molecule has 1 aromatic heterocycles. The van der Waals surface area contributed by atoms with Crippen molar-refractivity contribution < 1.29 is 9.47 Å². The summed E-state index contributed by atoms with van der Waals surface area (Å²) in [4.78, 5) is 8.60. The molecule has 4 heteroatoms. The number of benzene rings is 1. The first kappa shape index (κ1) is 11.6. The van der Waals surface area contributed by atoms with Crippen LogP contribution in [-0.2, 0) is 0 Å². The molecule has 0 unspecified atom stereocenters. The number of aryl methyl sites for hydroxylation is 1. The third kappa shape index (κ3) is 2.46. The van der Waals surface area contributed by atoms with Gasteiger partial charge in [-0.15, -0.1) is 0 Å². The normalized spacial score (nSPS) is 10.5. The van der Waals surface area contributed by atoms with E-state index < -0.39 is 0 Å². The van der Waals surface area contributed by atoms with Gasteiger partial charge in [-0.1, -0.05) is 11.6 Å². The molecule has 0 saturated heterocycles. The fourth-order valence-electron chi connectivity index (χ4n) is 1.63. The Hall–Kier alpha value is -1.84. The number of rotatable bonds is 4. The van der Waals surface area contributed by atoms with Crippen LogP contribution in [0.1, 0.15) is 19.4 Å². The lowest BCUT2D eigenvalue weighted by Crippen LogP contribution is -2.02. The van der Waals surface area contributed by atoms with Gasteiger partial charge in [0.2, 0.25) is 5.88 Å². The largest absolute Gasteiger partial charge is 0.477 e. The maximum absolute atomic E-state index is 5.53. The van der Waals surface area contributed by atoms with E-state index in [-0.39, 0.29) is 0 Å². The summed E-state index contributed by atoms with van der Waals surface area (Å²) >= 11 is 0. The smallest absolute Gasteiger partial charge is 0.320 e. The van der Waals surface area contributed by atoms with E-state index in [0.29, 0.717) is 25.1 Å². The highest BCUT2D eigenvalue weighted by Gasteiger charge is 2.09. The summed E-state index contributed by atoms with van der Waals surface area (Å²) in [5.74, 6) is 0.588. The Morgan fingerprint density at radius 1 is 1.06 bits per heavy atom. The number of ether oxygens (including phenoxy) is 2. The average molecular weight is 232 g/mol. The lowest BCUT2D eigenvalue weighted by atomic mass is 10.2. The topological polar surface area (TPSA) is 44.2 Å². The first-order valence-electron chi connectivity index (χ1n) is 5.78. The van der Waals surface area contributed by atoms with Crippen molar-refractivity contribution >= 4 is 10.9 Å². The zero-order valence-electron chi connectivity index (χ0n) is 10.4. The van der Waals surface area contributed by atoms with Crippen molar-refractivity contribution in [3.63, 3.8) is 0 Å². The van der Waals surface area contributed by atoms with Crippen molar-refractivity contribution in [2.75, 3.05) is 13.2 Å².